The summed E-state index contributed by atoms with van der Waals surface area (Å²) >= 11 is 0. The van der Waals surface area contributed by atoms with Crippen molar-refractivity contribution in [3.05, 3.63) is 77.5 Å². The van der Waals surface area contributed by atoms with E-state index in [2.05, 4.69) is 71.7 Å². The summed E-state index contributed by atoms with van der Waals surface area (Å²) in [7, 11) is 0. The van der Waals surface area contributed by atoms with E-state index in [0.29, 0.717) is 5.92 Å². The average Bonchev–Trinajstić information content (AvgIpc) is 2.90. The molecule has 3 aromatic rings. The second-order valence-electron chi connectivity index (χ2n) is 5.18. The third kappa shape index (κ3) is 1.78. The fourth-order valence-corrected chi connectivity index (χ4v) is 2.92. The monoisotopic (exact) mass is 245 g/mol. The minimum atomic E-state index is 0.460. The molecule has 1 aromatic heterocycles. The van der Waals surface area contributed by atoms with Gasteiger partial charge in [0.1, 0.15) is 0 Å². The van der Waals surface area contributed by atoms with Crippen LogP contribution in [0.5, 0.6) is 0 Å². The smallest absolute Gasteiger partial charge is 0.0456 e. The van der Waals surface area contributed by atoms with Crippen molar-refractivity contribution in [1.82, 2.24) is 4.98 Å². The van der Waals surface area contributed by atoms with Crippen LogP contribution in [0.1, 0.15) is 22.7 Å². The highest BCUT2D eigenvalue weighted by atomic mass is 14.7. The third-order valence-electron chi connectivity index (χ3n) is 3.95. The quantitative estimate of drug-likeness (QED) is 0.648. The van der Waals surface area contributed by atoms with E-state index in [1.165, 1.54) is 27.7 Å². The molecule has 0 bridgehead atoms. The first-order chi connectivity index (χ1) is 9.40. The van der Waals surface area contributed by atoms with Crippen LogP contribution in [-0.2, 0) is 6.42 Å². The third-order valence-corrected chi connectivity index (χ3v) is 3.95. The molecule has 0 aliphatic heterocycles. The molecule has 0 spiro atoms. The van der Waals surface area contributed by atoms with E-state index in [1.807, 2.05) is 0 Å². The fraction of sp³-hybridized carbons (Fsp3) is 0.111. The van der Waals surface area contributed by atoms with Gasteiger partial charge in [-0.05, 0) is 35.1 Å². The minimum Gasteiger partial charge on any atom is -0.358 e. The zero-order valence-corrected chi connectivity index (χ0v) is 10.6. The molecular formula is C18H15N. The number of nitrogens with one attached hydrogen (secondary N) is 1. The Bertz CT molecular complexity index is 731. The minimum absolute atomic E-state index is 0.460. The first kappa shape index (κ1) is 10.6. The number of aromatic nitrogens is 1. The lowest BCUT2D eigenvalue weighted by atomic mass is 9.88. The van der Waals surface area contributed by atoms with Gasteiger partial charge in [-0.2, -0.15) is 0 Å². The van der Waals surface area contributed by atoms with Crippen LogP contribution in [0.4, 0.5) is 0 Å². The molecule has 1 unspecified atom stereocenters. The van der Waals surface area contributed by atoms with Crippen LogP contribution in [0.2, 0.25) is 0 Å². The summed E-state index contributed by atoms with van der Waals surface area (Å²) in [5.41, 5.74) is 5.33. The molecule has 0 saturated carbocycles. The molecular weight excluding hydrogens is 230 g/mol. The first-order valence-corrected chi connectivity index (χ1v) is 6.74. The molecule has 0 saturated heterocycles. The van der Waals surface area contributed by atoms with E-state index in [-0.39, 0.29) is 0 Å². The predicted octanol–water partition coefficient (Wildman–Crippen LogP) is 4.52. The van der Waals surface area contributed by atoms with Crippen LogP contribution in [-0.4, -0.2) is 4.98 Å². The van der Waals surface area contributed by atoms with Gasteiger partial charge in [0.2, 0.25) is 0 Å². The highest BCUT2D eigenvalue weighted by Crippen LogP contribution is 2.31. The van der Waals surface area contributed by atoms with Gasteiger partial charge < -0.3 is 4.98 Å². The number of hydrogen-bond donors (Lipinski definition) is 1. The summed E-state index contributed by atoms with van der Waals surface area (Å²) in [6, 6.07) is 19.4. The molecule has 1 N–H and O–H groups in total. The van der Waals surface area contributed by atoms with Crippen LogP contribution in [0, 0.1) is 0 Å². The summed E-state index contributed by atoms with van der Waals surface area (Å²) < 4.78 is 0. The molecule has 92 valence electrons. The van der Waals surface area contributed by atoms with Crippen molar-refractivity contribution in [2.75, 3.05) is 0 Å². The molecule has 1 aliphatic rings. The Morgan fingerprint density at radius 2 is 1.79 bits per heavy atom. The maximum absolute atomic E-state index is 3.54. The average molecular weight is 245 g/mol. The zero-order valence-electron chi connectivity index (χ0n) is 10.6. The SMILES string of the molecule is C1=CC(c2cc3ccccc3[nH]2)Cc2ccccc21. The standard InChI is InChI=1S/C18H15N/c1-2-6-14-11-16(10-9-13(14)5-1)18-12-15-7-3-4-8-17(15)19-18/h1-10,12,16,19H,11H2. The van der Waals surface area contributed by atoms with Gasteiger partial charge in [-0.25, -0.2) is 0 Å². The molecule has 19 heavy (non-hydrogen) atoms. The molecule has 0 fully saturated rings. The Morgan fingerprint density at radius 3 is 2.74 bits per heavy atom. The Kier molecular flexibility index (Phi) is 2.31. The van der Waals surface area contributed by atoms with Gasteiger partial charge in [-0.15, -0.1) is 0 Å². The summed E-state index contributed by atoms with van der Waals surface area (Å²) in [6.07, 6.45) is 5.64. The Balaban J connectivity index is 1.75. The number of H-pyrrole nitrogens is 1. The molecule has 0 amide bonds. The Labute approximate surface area is 112 Å². The normalized spacial score (nSPS) is 17.6. The van der Waals surface area contributed by atoms with Crippen molar-refractivity contribution in [1.29, 1.82) is 0 Å². The number of fused-ring (bicyclic) bond motifs is 2. The van der Waals surface area contributed by atoms with Crippen molar-refractivity contribution in [2.24, 2.45) is 0 Å². The lowest BCUT2D eigenvalue weighted by Gasteiger charge is -2.18. The molecule has 1 aliphatic carbocycles. The summed E-state index contributed by atoms with van der Waals surface area (Å²) in [6.45, 7) is 0. The largest absolute Gasteiger partial charge is 0.358 e. The van der Waals surface area contributed by atoms with Gasteiger partial charge in [-0.1, -0.05) is 54.6 Å². The Hall–Kier alpha value is -2.28. The second kappa shape index (κ2) is 4.13. The predicted molar refractivity (Wildman–Crippen MR) is 80.2 cm³/mol. The Morgan fingerprint density at radius 1 is 0.947 bits per heavy atom. The van der Waals surface area contributed by atoms with Crippen LogP contribution in [0.15, 0.2) is 60.7 Å². The summed E-state index contributed by atoms with van der Waals surface area (Å²) in [5, 5.41) is 1.30. The van der Waals surface area contributed by atoms with Gasteiger partial charge in [0.25, 0.3) is 0 Å². The van der Waals surface area contributed by atoms with Gasteiger partial charge in [-0.3, -0.25) is 0 Å². The van der Waals surface area contributed by atoms with E-state index in [0.717, 1.165) is 6.42 Å². The molecule has 0 radical (unpaired) electrons. The molecule has 4 rings (SSSR count). The lowest BCUT2D eigenvalue weighted by Crippen LogP contribution is -2.05. The topological polar surface area (TPSA) is 15.8 Å². The van der Waals surface area contributed by atoms with Gasteiger partial charge in [0.15, 0.2) is 0 Å². The molecule has 2 aromatic carbocycles. The lowest BCUT2D eigenvalue weighted by molar-refractivity contribution is 0.804. The number of rotatable bonds is 1. The van der Waals surface area contributed by atoms with E-state index in [9.17, 15) is 0 Å². The number of allylic oxidation sites excluding steroid dienone is 1. The number of aromatic amines is 1. The molecule has 1 atom stereocenters. The highest BCUT2D eigenvalue weighted by molar-refractivity contribution is 5.80. The summed E-state index contributed by atoms with van der Waals surface area (Å²) in [4.78, 5) is 3.54. The second-order valence-corrected chi connectivity index (χ2v) is 5.18. The van der Waals surface area contributed by atoms with Crippen LogP contribution in [0.25, 0.3) is 17.0 Å². The first-order valence-electron chi connectivity index (χ1n) is 6.74. The maximum atomic E-state index is 3.54. The van der Waals surface area contributed by atoms with Crippen molar-refractivity contribution < 1.29 is 0 Å². The maximum Gasteiger partial charge on any atom is 0.0456 e. The van der Waals surface area contributed by atoms with Crippen molar-refractivity contribution in [3.8, 4) is 0 Å². The molecule has 1 nitrogen and oxygen atoms in total. The summed E-state index contributed by atoms with van der Waals surface area (Å²) in [5.74, 6) is 0.460. The van der Waals surface area contributed by atoms with Crippen molar-refractivity contribution >= 4 is 17.0 Å². The van der Waals surface area contributed by atoms with Crippen LogP contribution in [0.3, 0.4) is 0 Å². The number of benzene rings is 2. The van der Waals surface area contributed by atoms with E-state index < -0.39 is 0 Å². The van der Waals surface area contributed by atoms with E-state index in [4.69, 9.17) is 0 Å². The van der Waals surface area contributed by atoms with Crippen LogP contribution < -0.4 is 0 Å². The zero-order chi connectivity index (χ0) is 12.7. The van der Waals surface area contributed by atoms with Gasteiger partial charge in [0, 0.05) is 17.1 Å². The van der Waals surface area contributed by atoms with E-state index >= 15 is 0 Å². The van der Waals surface area contributed by atoms with E-state index in [1.54, 1.807) is 0 Å². The molecule has 1 heterocycles. The van der Waals surface area contributed by atoms with Gasteiger partial charge >= 0.3 is 0 Å². The number of para-hydroxylation sites is 1. The van der Waals surface area contributed by atoms with Gasteiger partial charge in [0.05, 0.1) is 0 Å². The van der Waals surface area contributed by atoms with Crippen molar-refractivity contribution in [2.45, 2.75) is 12.3 Å². The molecule has 1 heteroatoms. The van der Waals surface area contributed by atoms with Crippen LogP contribution >= 0.6 is 0 Å². The highest BCUT2D eigenvalue weighted by Gasteiger charge is 2.16. The number of hydrogen-bond acceptors (Lipinski definition) is 0. The van der Waals surface area contributed by atoms with Crippen molar-refractivity contribution in [3.63, 3.8) is 0 Å². The fourth-order valence-electron chi connectivity index (χ4n) is 2.92.